The van der Waals surface area contributed by atoms with Gasteiger partial charge in [-0.05, 0) is 41.5 Å². The predicted molar refractivity (Wildman–Crippen MR) is 99.5 cm³/mol. The topological polar surface area (TPSA) is 49.3 Å². The second-order valence-corrected chi connectivity index (χ2v) is 7.05. The molecule has 0 radical (unpaired) electrons. The lowest BCUT2D eigenvalue weighted by Gasteiger charge is -2.29. The molecule has 2 N–H and O–H groups in total. The van der Waals surface area contributed by atoms with E-state index in [1.165, 1.54) is 30.3 Å². The number of carbonyl (C=O) groups is 1. The molecule has 31 heavy (non-hydrogen) atoms. The first-order chi connectivity index (χ1) is 14.5. The zero-order valence-corrected chi connectivity index (χ0v) is 15.5. The Morgan fingerprint density at radius 3 is 1.81 bits per heavy atom. The maximum atomic E-state index is 13.6. The van der Waals surface area contributed by atoms with Crippen LogP contribution in [0.2, 0.25) is 0 Å². The minimum Gasteiger partial charge on any atom is -0.508 e. The lowest BCUT2D eigenvalue weighted by Crippen LogP contribution is -2.37. The Morgan fingerprint density at radius 2 is 1.29 bits per heavy atom. The van der Waals surface area contributed by atoms with E-state index in [0.717, 1.165) is 36.4 Å². The highest BCUT2D eigenvalue weighted by Gasteiger charge is 2.52. The van der Waals surface area contributed by atoms with Crippen LogP contribution < -0.4 is 5.32 Å². The second-order valence-electron chi connectivity index (χ2n) is 7.05. The molecule has 0 spiro atoms. The van der Waals surface area contributed by atoms with Crippen molar-refractivity contribution in [2.24, 2.45) is 0 Å². The predicted octanol–water partition coefficient (Wildman–Crippen LogP) is 5.72. The molecule has 4 rings (SSSR count). The summed E-state index contributed by atoms with van der Waals surface area (Å²) in [7, 11) is 0. The van der Waals surface area contributed by atoms with E-state index in [9.17, 15) is 36.2 Å². The fourth-order valence-corrected chi connectivity index (χ4v) is 3.93. The molecule has 1 heterocycles. The molecule has 3 aromatic rings. The van der Waals surface area contributed by atoms with E-state index in [4.69, 9.17) is 0 Å². The molecule has 0 saturated heterocycles. The summed E-state index contributed by atoms with van der Waals surface area (Å²) in [5, 5.41) is 11.9. The maximum absolute atomic E-state index is 13.6. The third-order valence-corrected chi connectivity index (χ3v) is 5.30. The number of halogens is 6. The lowest BCUT2D eigenvalue weighted by atomic mass is 9.70. The minimum absolute atomic E-state index is 0.0437. The Bertz CT molecular complexity index is 1150. The quantitative estimate of drug-likeness (QED) is 0.504. The third kappa shape index (κ3) is 3.20. The highest BCUT2D eigenvalue weighted by Crippen LogP contribution is 2.51. The van der Waals surface area contributed by atoms with Crippen LogP contribution in [0.5, 0.6) is 5.75 Å². The lowest BCUT2D eigenvalue weighted by molar-refractivity contribution is -0.138. The average molecular weight is 437 g/mol. The van der Waals surface area contributed by atoms with Crippen LogP contribution in [-0.4, -0.2) is 11.0 Å². The fourth-order valence-electron chi connectivity index (χ4n) is 3.93. The monoisotopic (exact) mass is 437 g/mol. The molecular weight excluding hydrogens is 424 g/mol. The molecule has 1 unspecified atom stereocenters. The van der Waals surface area contributed by atoms with E-state index >= 15 is 0 Å². The van der Waals surface area contributed by atoms with Gasteiger partial charge in [0.25, 0.3) is 0 Å². The fraction of sp³-hybridized carbons (Fsp3) is 0.136. The molecule has 160 valence electrons. The highest BCUT2D eigenvalue weighted by atomic mass is 19.4. The summed E-state index contributed by atoms with van der Waals surface area (Å²) in [5.74, 6) is -0.987. The number of benzene rings is 3. The van der Waals surface area contributed by atoms with Gasteiger partial charge >= 0.3 is 12.4 Å². The number of carbonyl (C=O) groups excluding carboxylic acids is 1. The van der Waals surface area contributed by atoms with Gasteiger partial charge in [-0.1, -0.05) is 36.4 Å². The SMILES string of the molecule is O=C1Nc2c(C(F)(F)F)cccc2C1(c1ccc(O)cc1)c1ccc(C(F)(F)F)cc1. The number of anilines is 1. The smallest absolute Gasteiger partial charge is 0.418 e. The molecule has 0 aliphatic carbocycles. The van der Waals surface area contributed by atoms with Gasteiger partial charge in [0.15, 0.2) is 0 Å². The first kappa shape index (κ1) is 20.8. The van der Waals surface area contributed by atoms with Gasteiger partial charge in [0.05, 0.1) is 16.8 Å². The molecular formula is C22H13F6NO2. The summed E-state index contributed by atoms with van der Waals surface area (Å²) in [6.07, 6.45) is -9.38. The number of hydrogen-bond donors (Lipinski definition) is 2. The van der Waals surface area contributed by atoms with Crippen molar-refractivity contribution < 1.29 is 36.2 Å². The summed E-state index contributed by atoms with van der Waals surface area (Å²) >= 11 is 0. The molecule has 0 bridgehead atoms. The number of amides is 1. The van der Waals surface area contributed by atoms with Gasteiger partial charge in [-0.2, -0.15) is 26.3 Å². The number of rotatable bonds is 2. The molecule has 1 amide bonds. The van der Waals surface area contributed by atoms with Crippen molar-refractivity contribution in [1.82, 2.24) is 0 Å². The normalized spacial score (nSPS) is 18.6. The van der Waals surface area contributed by atoms with Gasteiger partial charge in [0, 0.05) is 5.56 Å². The van der Waals surface area contributed by atoms with E-state index in [0.29, 0.717) is 0 Å². The molecule has 0 saturated carbocycles. The van der Waals surface area contributed by atoms with Gasteiger partial charge in [-0.15, -0.1) is 0 Å². The van der Waals surface area contributed by atoms with Crippen LogP contribution >= 0.6 is 0 Å². The van der Waals surface area contributed by atoms with Crippen molar-refractivity contribution in [1.29, 1.82) is 0 Å². The number of para-hydroxylation sites is 1. The van der Waals surface area contributed by atoms with Crippen LogP contribution in [-0.2, 0) is 22.6 Å². The summed E-state index contributed by atoms with van der Waals surface area (Å²) in [6, 6.07) is 12.2. The first-order valence-electron chi connectivity index (χ1n) is 8.95. The summed E-state index contributed by atoms with van der Waals surface area (Å²) < 4.78 is 79.7. The van der Waals surface area contributed by atoms with E-state index in [2.05, 4.69) is 5.32 Å². The molecule has 0 fully saturated rings. The van der Waals surface area contributed by atoms with E-state index < -0.39 is 40.5 Å². The first-order valence-corrected chi connectivity index (χ1v) is 8.95. The zero-order valence-electron chi connectivity index (χ0n) is 15.5. The van der Waals surface area contributed by atoms with Gasteiger partial charge in [0.1, 0.15) is 11.2 Å². The summed E-state index contributed by atoms with van der Waals surface area (Å²) in [4.78, 5) is 13.2. The molecule has 3 nitrogen and oxygen atoms in total. The van der Waals surface area contributed by atoms with Gasteiger partial charge in [-0.3, -0.25) is 4.79 Å². The Morgan fingerprint density at radius 1 is 0.742 bits per heavy atom. The Kier molecular flexibility index (Phi) is 4.53. The largest absolute Gasteiger partial charge is 0.508 e. The minimum atomic E-state index is -4.76. The van der Waals surface area contributed by atoms with Crippen molar-refractivity contribution in [2.75, 3.05) is 5.32 Å². The Labute approximate surface area is 171 Å². The van der Waals surface area contributed by atoms with Crippen molar-refractivity contribution >= 4 is 11.6 Å². The molecule has 1 aliphatic rings. The summed E-state index contributed by atoms with van der Waals surface area (Å²) in [5.41, 5.74) is -4.10. The van der Waals surface area contributed by atoms with Crippen molar-refractivity contribution in [3.63, 3.8) is 0 Å². The number of phenols is 1. The van der Waals surface area contributed by atoms with Crippen molar-refractivity contribution in [3.8, 4) is 5.75 Å². The number of alkyl halides is 6. The molecule has 9 heteroatoms. The number of aromatic hydroxyl groups is 1. The molecule has 3 aromatic carbocycles. The van der Waals surface area contributed by atoms with Gasteiger partial charge in [0.2, 0.25) is 5.91 Å². The number of nitrogens with one attached hydrogen (secondary N) is 1. The van der Waals surface area contributed by atoms with Crippen LogP contribution in [0.3, 0.4) is 0 Å². The van der Waals surface area contributed by atoms with Crippen molar-refractivity contribution in [3.05, 3.63) is 94.5 Å². The molecule has 0 aromatic heterocycles. The van der Waals surface area contributed by atoms with E-state index in [-0.39, 0.29) is 22.4 Å². The maximum Gasteiger partial charge on any atom is 0.418 e. The average Bonchev–Trinajstić information content (AvgIpc) is 3.00. The number of phenolic OH excluding ortho intramolecular Hbond substituents is 1. The Balaban J connectivity index is 2.03. The number of hydrogen-bond acceptors (Lipinski definition) is 2. The number of fused-ring (bicyclic) bond motifs is 1. The van der Waals surface area contributed by atoms with E-state index in [1.54, 1.807) is 0 Å². The van der Waals surface area contributed by atoms with Crippen molar-refractivity contribution in [2.45, 2.75) is 17.8 Å². The molecule has 1 atom stereocenters. The van der Waals surface area contributed by atoms with Crippen LogP contribution in [0.15, 0.2) is 66.7 Å². The Hall–Kier alpha value is -3.49. The zero-order chi connectivity index (χ0) is 22.6. The van der Waals surface area contributed by atoms with Crippen LogP contribution in [0, 0.1) is 0 Å². The van der Waals surface area contributed by atoms with E-state index in [1.807, 2.05) is 0 Å². The standard InChI is InChI=1S/C22H13F6NO2/c23-21(24,25)14-6-4-12(5-7-14)20(13-8-10-15(30)11-9-13)16-2-1-3-17(22(26,27)28)18(16)29-19(20)31/h1-11,30H,(H,29,31). The summed E-state index contributed by atoms with van der Waals surface area (Å²) in [6.45, 7) is 0. The van der Waals surface area contributed by atoms with Crippen LogP contribution in [0.4, 0.5) is 32.0 Å². The van der Waals surface area contributed by atoms with Gasteiger partial charge in [-0.25, -0.2) is 0 Å². The van der Waals surface area contributed by atoms with Gasteiger partial charge < -0.3 is 10.4 Å². The molecule has 1 aliphatic heterocycles. The highest BCUT2D eigenvalue weighted by molar-refractivity contribution is 6.12. The van der Waals surface area contributed by atoms with Crippen LogP contribution in [0.25, 0.3) is 0 Å². The van der Waals surface area contributed by atoms with Crippen LogP contribution in [0.1, 0.15) is 27.8 Å². The second kappa shape index (κ2) is 6.76. The third-order valence-electron chi connectivity index (χ3n) is 5.30.